The Morgan fingerprint density at radius 1 is 1.65 bits per heavy atom. The van der Waals surface area contributed by atoms with E-state index < -0.39 is 0 Å². The number of rotatable bonds is 5. The van der Waals surface area contributed by atoms with Crippen LogP contribution in [0.4, 0.5) is 5.69 Å². The van der Waals surface area contributed by atoms with E-state index in [0.29, 0.717) is 16.7 Å². The Balaban J connectivity index is 2.85. The summed E-state index contributed by atoms with van der Waals surface area (Å²) in [5.41, 5.74) is 1.61. The smallest absolute Gasteiger partial charge is 0.283 e. The van der Waals surface area contributed by atoms with E-state index in [-0.39, 0.29) is 18.7 Å². The Morgan fingerprint density at radius 2 is 2.35 bits per heavy atom. The van der Waals surface area contributed by atoms with Gasteiger partial charge in [0.2, 0.25) is 0 Å². The molecule has 0 aromatic carbocycles. The van der Waals surface area contributed by atoms with E-state index in [1.54, 1.807) is 6.20 Å². The Kier molecular flexibility index (Phi) is 5.37. The molecular formula is C11H16BrN3O2. The van der Waals surface area contributed by atoms with Crippen LogP contribution in [0.5, 0.6) is 0 Å². The van der Waals surface area contributed by atoms with Crippen LogP contribution < -0.4 is 10.9 Å². The van der Waals surface area contributed by atoms with Crippen LogP contribution in [0, 0.1) is 0 Å². The van der Waals surface area contributed by atoms with E-state index >= 15 is 0 Å². The van der Waals surface area contributed by atoms with Gasteiger partial charge in [-0.2, -0.15) is 5.10 Å². The molecule has 0 aliphatic carbocycles. The van der Waals surface area contributed by atoms with E-state index in [9.17, 15) is 4.79 Å². The molecule has 0 saturated heterocycles. The van der Waals surface area contributed by atoms with Crippen LogP contribution in [0.2, 0.25) is 0 Å². The van der Waals surface area contributed by atoms with Gasteiger partial charge < -0.3 is 10.4 Å². The average molecular weight is 302 g/mol. The van der Waals surface area contributed by atoms with Crippen molar-refractivity contribution in [2.24, 2.45) is 0 Å². The first-order valence-electron chi connectivity index (χ1n) is 5.30. The molecule has 1 rings (SSSR count). The minimum absolute atomic E-state index is 0.107. The Bertz CT molecular complexity index is 464. The van der Waals surface area contributed by atoms with Crippen LogP contribution in [0.25, 0.3) is 0 Å². The van der Waals surface area contributed by atoms with Crippen molar-refractivity contribution in [2.75, 3.05) is 18.5 Å². The first kappa shape index (κ1) is 13.9. The van der Waals surface area contributed by atoms with Crippen molar-refractivity contribution in [1.29, 1.82) is 0 Å². The second-order valence-electron chi connectivity index (χ2n) is 3.79. The molecular weight excluding hydrogens is 286 g/mol. The summed E-state index contributed by atoms with van der Waals surface area (Å²) in [6.45, 7) is 4.75. The first-order valence-corrected chi connectivity index (χ1v) is 6.09. The number of allylic oxidation sites excluding steroid dienone is 1. The number of nitrogens with one attached hydrogen (secondary N) is 1. The highest BCUT2D eigenvalue weighted by Gasteiger charge is 2.07. The summed E-state index contributed by atoms with van der Waals surface area (Å²) in [6, 6.07) is 0. The molecule has 0 aliphatic heterocycles. The number of anilines is 1. The number of hydrogen-bond donors (Lipinski definition) is 2. The third-order valence-corrected chi connectivity index (χ3v) is 2.87. The quantitative estimate of drug-likeness (QED) is 0.806. The second-order valence-corrected chi connectivity index (χ2v) is 4.58. The molecule has 6 heteroatoms. The molecule has 0 fully saturated rings. The molecule has 94 valence electrons. The van der Waals surface area contributed by atoms with Crippen LogP contribution in [0.1, 0.15) is 13.8 Å². The molecule has 0 unspecified atom stereocenters. The zero-order chi connectivity index (χ0) is 12.8. The molecule has 0 bridgehead atoms. The summed E-state index contributed by atoms with van der Waals surface area (Å²) in [7, 11) is 0. The van der Waals surface area contributed by atoms with Crippen molar-refractivity contribution in [1.82, 2.24) is 9.78 Å². The number of nitrogens with zero attached hydrogens (tertiary/aromatic N) is 2. The standard InChI is InChI=1S/C11H16BrN3O2/c1-8(2)3-4-13-9-7-14-15(5-6-16)11(17)10(9)12/h3,7,13,16H,4-6H2,1-2H3. The van der Waals surface area contributed by atoms with Gasteiger partial charge in [-0.15, -0.1) is 0 Å². The molecule has 0 amide bonds. The number of halogens is 1. The third kappa shape index (κ3) is 3.98. The SMILES string of the molecule is CC(C)=CCNc1cnn(CCO)c(=O)c1Br. The highest BCUT2D eigenvalue weighted by Crippen LogP contribution is 2.15. The van der Waals surface area contributed by atoms with Crippen LogP contribution in [0.3, 0.4) is 0 Å². The van der Waals surface area contributed by atoms with Crippen LogP contribution >= 0.6 is 15.9 Å². The highest BCUT2D eigenvalue weighted by atomic mass is 79.9. The molecule has 0 saturated carbocycles. The van der Waals surface area contributed by atoms with E-state index in [1.165, 1.54) is 10.3 Å². The van der Waals surface area contributed by atoms with Crippen molar-refractivity contribution in [3.63, 3.8) is 0 Å². The maximum atomic E-state index is 11.8. The minimum Gasteiger partial charge on any atom is -0.394 e. The summed E-state index contributed by atoms with van der Waals surface area (Å²) in [5, 5.41) is 15.8. The molecule has 1 aromatic rings. The Hall–Kier alpha value is -1.14. The molecule has 0 spiro atoms. The normalized spacial score (nSPS) is 10.1. The number of aromatic nitrogens is 2. The number of aliphatic hydroxyl groups excluding tert-OH is 1. The molecule has 17 heavy (non-hydrogen) atoms. The summed E-state index contributed by atoms with van der Waals surface area (Å²) in [5.74, 6) is 0. The summed E-state index contributed by atoms with van der Waals surface area (Å²) in [6.07, 6.45) is 3.59. The van der Waals surface area contributed by atoms with Gasteiger partial charge in [0.25, 0.3) is 5.56 Å². The van der Waals surface area contributed by atoms with Crippen molar-refractivity contribution >= 4 is 21.6 Å². The largest absolute Gasteiger partial charge is 0.394 e. The molecule has 2 N–H and O–H groups in total. The predicted octanol–water partition coefficient (Wildman–Crippen LogP) is 1.38. The zero-order valence-corrected chi connectivity index (χ0v) is 11.5. The molecule has 0 atom stereocenters. The summed E-state index contributed by atoms with van der Waals surface area (Å²) in [4.78, 5) is 11.8. The summed E-state index contributed by atoms with van der Waals surface area (Å²) >= 11 is 3.23. The monoisotopic (exact) mass is 301 g/mol. The van der Waals surface area contributed by atoms with Gasteiger partial charge in [-0.1, -0.05) is 11.6 Å². The van der Waals surface area contributed by atoms with Gasteiger partial charge in [0.05, 0.1) is 25.0 Å². The minimum atomic E-state index is -0.249. The fourth-order valence-corrected chi connectivity index (χ4v) is 1.65. The Morgan fingerprint density at radius 3 is 2.94 bits per heavy atom. The van der Waals surface area contributed by atoms with Crippen LogP contribution in [-0.2, 0) is 6.54 Å². The number of hydrogen-bond acceptors (Lipinski definition) is 4. The van der Waals surface area contributed by atoms with Crippen LogP contribution in [-0.4, -0.2) is 28.0 Å². The van der Waals surface area contributed by atoms with Crippen molar-refractivity contribution < 1.29 is 5.11 Å². The molecule has 5 nitrogen and oxygen atoms in total. The van der Waals surface area contributed by atoms with Gasteiger partial charge in [0.15, 0.2) is 0 Å². The van der Waals surface area contributed by atoms with Crippen molar-refractivity contribution in [2.45, 2.75) is 20.4 Å². The molecule has 1 heterocycles. The van der Waals surface area contributed by atoms with Gasteiger partial charge >= 0.3 is 0 Å². The Labute approximate surface area is 108 Å². The van der Waals surface area contributed by atoms with Gasteiger partial charge in [-0.3, -0.25) is 4.79 Å². The molecule has 0 aliphatic rings. The zero-order valence-electron chi connectivity index (χ0n) is 9.90. The van der Waals surface area contributed by atoms with E-state index in [2.05, 4.69) is 26.3 Å². The maximum Gasteiger partial charge on any atom is 0.283 e. The van der Waals surface area contributed by atoms with E-state index in [0.717, 1.165) is 0 Å². The second kappa shape index (κ2) is 6.56. The average Bonchev–Trinajstić information content (AvgIpc) is 2.28. The fraction of sp³-hybridized carbons (Fsp3) is 0.455. The topological polar surface area (TPSA) is 67.2 Å². The lowest BCUT2D eigenvalue weighted by Crippen LogP contribution is -2.25. The lowest BCUT2D eigenvalue weighted by molar-refractivity contribution is 0.266. The van der Waals surface area contributed by atoms with Crippen molar-refractivity contribution in [3.05, 3.63) is 32.7 Å². The number of aliphatic hydroxyl groups is 1. The summed E-state index contributed by atoms with van der Waals surface area (Å²) < 4.78 is 1.65. The lowest BCUT2D eigenvalue weighted by atomic mass is 10.3. The van der Waals surface area contributed by atoms with Gasteiger partial charge in [0.1, 0.15) is 4.47 Å². The van der Waals surface area contributed by atoms with E-state index in [4.69, 9.17) is 5.11 Å². The lowest BCUT2D eigenvalue weighted by Gasteiger charge is -2.08. The molecule has 1 aromatic heterocycles. The fourth-order valence-electron chi connectivity index (χ4n) is 1.21. The predicted molar refractivity (Wildman–Crippen MR) is 71.2 cm³/mol. The third-order valence-electron chi connectivity index (χ3n) is 2.10. The van der Waals surface area contributed by atoms with Crippen LogP contribution in [0.15, 0.2) is 27.1 Å². The van der Waals surface area contributed by atoms with Gasteiger partial charge in [-0.25, -0.2) is 4.68 Å². The first-order chi connectivity index (χ1) is 8.06. The highest BCUT2D eigenvalue weighted by molar-refractivity contribution is 9.10. The van der Waals surface area contributed by atoms with Gasteiger partial charge in [-0.05, 0) is 29.8 Å². The molecule has 0 radical (unpaired) electrons. The van der Waals surface area contributed by atoms with E-state index in [1.807, 2.05) is 19.9 Å². The van der Waals surface area contributed by atoms with Crippen molar-refractivity contribution in [3.8, 4) is 0 Å². The van der Waals surface area contributed by atoms with Gasteiger partial charge in [0, 0.05) is 6.54 Å². The maximum absolute atomic E-state index is 11.8.